The molecule has 2 aliphatic heterocycles. The number of piperazine rings is 1. The molecule has 4 nitrogen and oxygen atoms in total. The first-order valence-corrected chi connectivity index (χ1v) is 11.1. The highest BCUT2D eigenvalue weighted by atomic mass is 32.2. The first-order valence-electron chi connectivity index (χ1n) is 10.1. The molecule has 0 saturated carbocycles. The summed E-state index contributed by atoms with van der Waals surface area (Å²) >= 11 is 1.50. The fourth-order valence-corrected chi connectivity index (χ4v) is 5.05. The Morgan fingerprint density at radius 2 is 1.80 bits per heavy atom. The minimum atomic E-state index is -0.948. The number of carbonyl (C=O) groups is 1. The van der Waals surface area contributed by atoms with Crippen LogP contribution in [-0.2, 0) is 4.79 Å². The second-order valence-corrected chi connectivity index (χ2v) is 8.98. The summed E-state index contributed by atoms with van der Waals surface area (Å²) in [4.78, 5) is 17.6. The first-order chi connectivity index (χ1) is 14.4. The van der Waals surface area contributed by atoms with Gasteiger partial charge in [0.25, 0.3) is 5.91 Å². The van der Waals surface area contributed by atoms with Crippen molar-refractivity contribution in [2.24, 2.45) is 0 Å². The normalized spacial score (nSPS) is 23.9. The summed E-state index contributed by atoms with van der Waals surface area (Å²) in [5.41, 5.74) is 2.47. The number of para-hydroxylation sites is 1. The summed E-state index contributed by atoms with van der Waals surface area (Å²) in [7, 11) is 0. The Kier molecular flexibility index (Phi) is 6.11. The number of rotatable bonds is 3. The monoisotopic (exact) mass is 429 g/mol. The number of amides is 1. The van der Waals surface area contributed by atoms with Crippen LogP contribution in [0.15, 0.2) is 47.4 Å². The predicted octanol–water partition coefficient (Wildman–Crippen LogP) is 4.27. The molecule has 30 heavy (non-hydrogen) atoms. The molecule has 7 heteroatoms. The van der Waals surface area contributed by atoms with Gasteiger partial charge in [-0.05, 0) is 43.7 Å². The highest BCUT2D eigenvalue weighted by Gasteiger charge is 2.27. The average Bonchev–Trinajstić information content (AvgIpc) is 2.71. The molecule has 4 rings (SSSR count). The minimum absolute atomic E-state index is 0.186. The van der Waals surface area contributed by atoms with Crippen LogP contribution in [0.4, 0.5) is 20.2 Å². The van der Waals surface area contributed by atoms with Crippen LogP contribution in [0.5, 0.6) is 0 Å². The molecule has 2 fully saturated rings. The average molecular weight is 430 g/mol. The van der Waals surface area contributed by atoms with Gasteiger partial charge in [-0.1, -0.05) is 18.2 Å². The number of hydrogen-bond acceptors (Lipinski definition) is 4. The Hall–Kier alpha value is -2.38. The number of benzene rings is 2. The fourth-order valence-electron chi connectivity index (χ4n) is 4.11. The van der Waals surface area contributed by atoms with Crippen molar-refractivity contribution in [3.05, 3.63) is 64.6 Å². The Labute approximate surface area is 179 Å². The van der Waals surface area contributed by atoms with E-state index in [0.717, 1.165) is 36.5 Å². The molecule has 2 aromatic carbocycles. The van der Waals surface area contributed by atoms with Crippen molar-refractivity contribution in [3.8, 4) is 0 Å². The number of thioether (sulfide) groups is 1. The summed E-state index contributed by atoms with van der Waals surface area (Å²) in [6, 6.07) is 12.4. The molecule has 2 atom stereocenters. The van der Waals surface area contributed by atoms with Crippen molar-refractivity contribution in [3.63, 3.8) is 0 Å². The van der Waals surface area contributed by atoms with Gasteiger partial charge in [-0.25, -0.2) is 8.78 Å². The zero-order valence-electron chi connectivity index (χ0n) is 17.1. The third kappa shape index (κ3) is 4.37. The standard InChI is InChI=1S/C23H25F2N3OS/c1-15-13-27(14-16(2)26-15)21-6-4-3-5-17(21)11-22-23(29)28(9-10-30-22)18-7-8-19(24)20(25)12-18/h3-8,11-12,15-16,26H,9-10,13-14H2,1-2H3/b22-11-. The molecule has 0 aliphatic carbocycles. The lowest BCUT2D eigenvalue weighted by atomic mass is 10.1. The van der Waals surface area contributed by atoms with Crippen LogP contribution < -0.4 is 15.1 Å². The van der Waals surface area contributed by atoms with Crippen molar-refractivity contribution in [1.82, 2.24) is 5.32 Å². The smallest absolute Gasteiger partial charge is 0.264 e. The van der Waals surface area contributed by atoms with E-state index in [1.807, 2.05) is 24.3 Å². The molecular formula is C23H25F2N3OS. The second-order valence-electron chi connectivity index (χ2n) is 7.84. The van der Waals surface area contributed by atoms with Crippen molar-refractivity contribution in [1.29, 1.82) is 0 Å². The molecule has 158 valence electrons. The summed E-state index contributed by atoms with van der Waals surface area (Å²) in [5.74, 6) is -1.35. The quantitative estimate of drug-likeness (QED) is 0.739. The van der Waals surface area contributed by atoms with Crippen LogP contribution in [0.25, 0.3) is 6.08 Å². The van der Waals surface area contributed by atoms with E-state index in [1.165, 1.54) is 22.7 Å². The van der Waals surface area contributed by atoms with E-state index in [2.05, 4.69) is 30.1 Å². The van der Waals surface area contributed by atoms with E-state index in [0.29, 0.717) is 35.0 Å². The highest BCUT2D eigenvalue weighted by molar-refractivity contribution is 8.04. The molecule has 0 spiro atoms. The van der Waals surface area contributed by atoms with Gasteiger partial charge in [0.1, 0.15) is 0 Å². The van der Waals surface area contributed by atoms with Gasteiger partial charge >= 0.3 is 0 Å². The van der Waals surface area contributed by atoms with Crippen LogP contribution in [0.2, 0.25) is 0 Å². The van der Waals surface area contributed by atoms with Gasteiger partial charge in [-0.3, -0.25) is 4.79 Å². The summed E-state index contributed by atoms with van der Waals surface area (Å²) < 4.78 is 27.0. The molecule has 0 bridgehead atoms. The number of nitrogens with one attached hydrogen (secondary N) is 1. The van der Waals surface area contributed by atoms with Crippen LogP contribution in [0.3, 0.4) is 0 Å². The summed E-state index contributed by atoms with van der Waals surface area (Å²) in [6.07, 6.45) is 1.92. The van der Waals surface area contributed by atoms with Gasteiger partial charge in [0.2, 0.25) is 0 Å². The van der Waals surface area contributed by atoms with E-state index in [4.69, 9.17) is 0 Å². The van der Waals surface area contributed by atoms with Crippen LogP contribution in [-0.4, -0.2) is 43.4 Å². The van der Waals surface area contributed by atoms with E-state index in [1.54, 1.807) is 0 Å². The van der Waals surface area contributed by atoms with Gasteiger partial charge in [0.05, 0.1) is 4.91 Å². The molecule has 0 radical (unpaired) electrons. The Morgan fingerprint density at radius 1 is 1.07 bits per heavy atom. The van der Waals surface area contributed by atoms with Crippen molar-refractivity contribution in [2.45, 2.75) is 25.9 Å². The molecule has 2 heterocycles. The summed E-state index contributed by atoms with van der Waals surface area (Å²) in [5, 5.41) is 3.54. The van der Waals surface area contributed by atoms with Crippen LogP contribution >= 0.6 is 11.8 Å². The van der Waals surface area contributed by atoms with Crippen molar-refractivity contribution < 1.29 is 13.6 Å². The molecule has 2 unspecified atom stereocenters. The van der Waals surface area contributed by atoms with E-state index in [-0.39, 0.29) is 5.91 Å². The van der Waals surface area contributed by atoms with Gasteiger partial charge in [0, 0.05) is 54.9 Å². The first kappa shape index (κ1) is 20.9. The van der Waals surface area contributed by atoms with Crippen molar-refractivity contribution in [2.75, 3.05) is 35.2 Å². The number of carbonyl (C=O) groups excluding carboxylic acids is 1. The van der Waals surface area contributed by atoms with Gasteiger partial charge in [0.15, 0.2) is 11.6 Å². The lowest BCUT2D eigenvalue weighted by Gasteiger charge is -2.38. The fraction of sp³-hybridized carbons (Fsp3) is 0.348. The van der Waals surface area contributed by atoms with Crippen molar-refractivity contribution >= 4 is 35.1 Å². The maximum absolute atomic E-state index is 13.7. The zero-order chi connectivity index (χ0) is 21.3. The van der Waals surface area contributed by atoms with Crippen LogP contribution in [0, 0.1) is 11.6 Å². The maximum atomic E-state index is 13.7. The number of nitrogens with zero attached hydrogens (tertiary/aromatic N) is 2. The zero-order valence-corrected chi connectivity index (χ0v) is 17.9. The number of hydrogen-bond donors (Lipinski definition) is 1. The number of anilines is 2. The van der Waals surface area contributed by atoms with E-state index >= 15 is 0 Å². The lowest BCUT2D eigenvalue weighted by Crippen LogP contribution is -2.54. The lowest BCUT2D eigenvalue weighted by molar-refractivity contribution is -0.114. The highest BCUT2D eigenvalue weighted by Crippen LogP contribution is 2.33. The molecule has 0 aromatic heterocycles. The second kappa shape index (κ2) is 8.78. The summed E-state index contributed by atoms with van der Waals surface area (Å²) in [6.45, 7) is 6.59. The SMILES string of the molecule is CC1CN(c2ccccc2/C=C2\SCCN(c3ccc(F)c(F)c3)C2=O)CC(C)N1. The van der Waals surface area contributed by atoms with Gasteiger partial charge in [-0.15, -0.1) is 11.8 Å². The van der Waals surface area contributed by atoms with E-state index in [9.17, 15) is 13.6 Å². The molecule has 2 aliphatic rings. The van der Waals surface area contributed by atoms with E-state index < -0.39 is 11.6 Å². The molecule has 2 aromatic rings. The molecule has 2 saturated heterocycles. The topological polar surface area (TPSA) is 35.6 Å². The van der Waals surface area contributed by atoms with Gasteiger partial charge in [-0.2, -0.15) is 0 Å². The Balaban J connectivity index is 1.63. The number of halogens is 2. The Morgan fingerprint density at radius 3 is 2.53 bits per heavy atom. The van der Waals surface area contributed by atoms with Crippen LogP contribution in [0.1, 0.15) is 19.4 Å². The third-order valence-electron chi connectivity index (χ3n) is 5.36. The maximum Gasteiger partial charge on any atom is 0.264 e. The molecule has 1 amide bonds. The molecular weight excluding hydrogens is 404 g/mol. The third-order valence-corrected chi connectivity index (χ3v) is 6.35. The predicted molar refractivity (Wildman–Crippen MR) is 120 cm³/mol. The molecule has 1 N–H and O–H groups in total. The van der Waals surface area contributed by atoms with Gasteiger partial charge < -0.3 is 15.1 Å². The largest absolute Gasteiger partial charge is 0.368 e. The Bertz CT molecular complexity index is 971. The minimum Gasteiger partial charge on any atom is -0.368 e.